The number of ether oxygens (including phenoxy) is 3. The van der Waals surface area contributed by atoms with Gasteiger partial charge in [0.05, 0.1) is 20.6 Å². The van der Waals surface area contributed by atoms with Gasteiger partial charge in [-0.05, 0) is 42.3 Å². The minimum Gasteiger partial charge on any atom is -0.493 e. The van der Waals surface area contributed by atoms with Crippen LogP contribution >= 0.6 is 11.6 Å². The van der Waals surface area contributed by atoms with Crippen molar-refractivity contribution >= 4 is 17.6 Å². The van der Waals surface area contributed by atoms with Gasteiger partial charge in [-0.25, -0.2) is 0 Å². The van der Waals surface area contributed by atoms with Crippen LogP contribution in [-0.2, 0) is 16.0 Å². The van der Waals surface area contributed by atoms with Gasteiger partial charge in [0, 0.05) is 5.02 Å². The molecule has 1 unspecified atom stereocenters. The Morgan fingerprint density at radius 1 is 1.04 bits per heavy atom. The van der Waals surface area contributed by atoms with Gasteiger partial charge < -0.3 is 14.2 Å². The fourth-order valence-corrected chi connectivity index (χ4v) is 2.32. The summed E-state index contributed by atoms with van der Waals surface area (Å²) in [5, 5.41) is 0.651. The first-order chi connectivity index (χ1) is 11.0. The molecule has 0 amide bonds. The first kappa shape index (κ1) is 17.2. The van der Waals surface area contributed by atoms with Crippen LogP contribution in [0.3, 0.4) is 0 Å². The van der Waals surface area contributed by atoms with Crippen molar-refractivity contribution in [1.29, 1.82) is 0 Å². The number of rotatable bonds is 6. The largest absolute Gasteiger partial charge is 0.493 e. The van der Waals surface area contributed by atoms with Gasteiger partial charge in [-0.2, -0.15) is 0 Å². The maximum absolute atomic E-state index is 12.1. The fraction of sp³-hybridized carbons (Fsp3) is 0.278. The quantitative estimate of drug-likeness (QED) is 0.742. The molecular weight excluding hydrogens is 316 g/mol. The van der Waals surface area contributed by atoms with E-state index >= 15 is 0 Å². The zero-order valence-electron chi connectivity index (χ0n) is 13.3. The third-order valence-electron chi connectivity index (χ3n) is 3.44. The molecular formula is C18H19ClO4. The maximum Gasteiger partial charge on any atom is 0.310 e. The zero-order chi connectivity index (χ0) is 16.8. The van der Waals surface area contributed by atoms with Crippen LogP contribution < -0.4 is 9.47 Å². The summed E-state index contributed by atoms with van der Waals surface area (Å²) in [6, 6.07) is 12.6. The Morgan fingerprint density at radius 3 is 2.30 bits per heavy atom. The highest BCUT2D eigenvalue weighted by Gasteiger charge is 2.14. The molecule has 23 heavy (non-hydrogen) atoms. The van der Waals surface area contributed by atoms with Gasteiger partial charge in [0.2, 0.25) is 0 Å². The highest BCUT2D eigenvalue weighted by atomic mass is 35.5. The third kappa shape index (κ3) is 4.63. The highest BCUT2D eigenvalue weighted by molar-refractivity contribution is 6.30. The van der Waals surface area contributed by atoms with Crippen LogP contribution in [-0.4, -0.2) is 20.2 Å². The molecule has 0 saturated carbocycles. The average Bonchev–Trinajstić information content (AvgIpc) is 2.55. The number of hydrogen-bond donors (Lipinski definition) is 0. The summed E-state index contributed by atoms with van der Waals surface area (Å²) in [4.78, 5) is 12.1. The van der Waals surface area contributed by atoms with E-state index in [0.717, 1.165) is 11.1 Å². The number of carbonyl (C=O) groups excluding carboxylic acids is 1. The number of halogens is 1. The van der Waals surface area contributed by atoms with Crippen LogP contribution in [0.4, 0.5) is 0 Å². The molecule has 0 aliphatic rings. The standard InChI is InChI=1S/C18H19ClO4/c1-12(14-5-7-15(19)8-6-14)23-18(20)11-13-4-9-16(21-2)17(10-13)22-3/h4-10,12H,11H2,1-3H3. The van der Waals surface area contributed by atoms with Crippen molar-refractivity contribution in [2.45, 2.75) is 19.4 Å². The molecule has 0 aromatic heterocycles. The van der Waals surface area contributed by atoms with Crippen molar-refractivity contribution in [2.24, 2.45) is 0 Å². The van der Waals surface area contributed by atoms with Crippen molar-refractivity contribution in [3.63, 3.8) is 0 Å². The van der Waals surface area contributed by atoms with E-state index < -0.39 is 0 Å². The lowest BCUT2D eigenvalue weighted by Crippen LogP contribution is -2.11. The maximum atomic E-state index is 12.1. The summed E-state index contributed by atoms with van der Waals surface area (Å²) in [6.45, 7) is 1.83. The molecule has 0 heterocycles. The molecule has 0 aliphatic heterocycles. The van der Waals surface area contributed by atoms with Crippen molar-refractivity contribution in [1.82, 2.24) is 0 Å². The molecule has 2 rings (SSSR count). The normalized spacial score (nSPS) is 11.7. The molecule has 0 N–H and O–H groups in total. The average molecular weight is 335 g/mol. The molecule has 0 spiro atoms. The van der Waals surface area contributed by atoms with Crippen molar-refractivity contribution in [3.8, 4) is 11.5 Å². The second-order valence-corrected chi connectivity index (χ2v) is 5.49. The van der Waals surface area contributed by atoms with Crippen molar-refractivity contribution in [3.05, 3.63) is 58.6 Å². The van der Waals surface area contributed by atoms with E-state index in [1.807, 2.05) is 25.1 Å². The minimum absolute atomic E-state index is 0.165. The van der Waals surface area contributed by atoms with Gasteiger partial charge in [0.15, 0.2) is 11.5 Å². The summed E-state index contributed by atoms with van der Waals surface area (Å²) >= 11 is 5.85. The number of esters is 1. The third-order valence-corrected chi connectivity index (χ3v) is 3.70. The van der Waals surface area contributed by atoms with Crippen molar-refractivity contribution in [2.75, 3.05) is 14.2 Å². The Kier molecular flexibility index (Phi) is 5.88. The monoisotopic (exact) mass is 334 g/mol. The van der Waals surface area contributed by atoms with Gasteiger partial charge in [-0.1, -0.05) is 29.8 Å². The lowest BCUT2D eigenvalue weighted by Gasteiger charge is -2.14. The topological polar surface area (TPSA) is 44.8 Å². The van der Waals surface area contributed by atoms with E-state index in [9.17, 15) is 4.79 Å². The zero-order valence-corrected chi connectivity index (χ0v) is 14.1. The Labute approximate surface area is 140 Å². The van der Waals surface area contributed by atoms with Gasteiger partial charge in [-0.15, -0.1) is 0 Å². The van der Waals surface area contributed by atoms with E-state index in [4.69, 9.17) is 25.8 Å². The minimum atomic E-state index is -0.333. The van der Waals surface area contributed by atoms with Crippen LogP contribution in [0.5, 0.6) is 11.5 Å². The molecule has 2 aromatic carbocycles. The van der Waals surface area contributed by atoms with Gasteiger partial charge in [0.1, 0.15) is 6.10 Å². The predicted octanol–water partition coefficient (Wildman–Crippen LogP) is 4.20. The van der Waals surface area contributed by atoms with E-state index in [2.05, 4.69) is 0 Å². The van der Waals surface area contributed by atoms with Crippen LogP contribution in [0.1, 0.15) is 24.2 Å². The molecule has 1 atom stereocenters. The van der Waals surface area contributed by atoms with Crippen molar-refractivity contribution < 1.29 is 19.0 Å². The smallest absolute Gasteiger partial charge is 0.310 e. The summed E-state index contributed by atoms with van der Waals surface area (Å²) in [5.74, 6) is 0.905. The number of benzene rings is 2. The van der Waals surface area contributed by atoms with E-state index in [1.54, 1.807) is 38.5 Å². The SMILES string of the molecule is COc1ccc(CC(=O)OC(C)c2ccc(Cl)cc2)cc1OC. The number of hydrogen-bond acceptors (Lipinski definition) is 4. The Morgan fingerprint density at radius 2 is 1.70 bits per heavy atom. The second kappa shape index (κ2) is 7.88. The van der Waals surface area contributed by atoms with E-state index in [0.29, 0.717) is 16.5 Å². The molecule has 0 fully saturated rings. The van der Waals surface area contributed by atoms with E-state index in [1.165, 1.54) is 0 Å². The van der Waals surface area contributed by atoms with Crippen LogP contribution in [0.2, 0.25) is 5.02 Å². The Bertz CT molecular complexity index is 667. The molecule has 5 heteroatoms. The highest BCUT2D eigenvalue weighted by Crippen LogP contribution is 2.28. The lowest BCUT2D eigenvalue weighted by molar-refractivity contribution is -0.147. The molecule has 122 valence electrons. The number of carbonyl (C=O) groups is 1. The second-order valence-electron chi connectivity index (χ2n) is 5.05. The van der Waals surface area contributed by atoms with Gasteiger partial charge in [0.25, 0.3) is 0 Å². The Hall–Kier alpha value is -2.20. The van der Waals surface area contributed by atoms with Crippen LogP contribution in [0.25, 0.3) is 0 Å². The predicted molar refractivity (Wildman–Crippen MR) is 89.2 cm³/mol. The van der Waals surface area contributed by atoms with Gasteiger partial charge >= 0.3 is 5.97 Å². The van der Waals surface area contributed by atoms with Crippen LogP contribution in [0, 0.1) is 0 Å². The molecule has 2 aromatic rings. The Balaban J connectivity index is 2.00. The molecule has 0 bridgehead atoms. The molecule has 0 aliphatic carbocycles. The fourth-order valence-electron chi connectivity index (χ4n) is 2.20. The summed E-state index contributed by atoms with van der Waals surface area (Å²) in [7, 11) is 3.13. The number of methoxy groups -OCH3 is 2. The molecule has 0 saturated heterocycles. The van der Waals surface area contributed by atoms with Gasteiger partial charge in [-0.3, -0.25) is 4.79 Å². The van der Waals surface area contributed by atoms with E-state index in [-0.39, 0.29) is 18.5 Å². The summed E-state index contributed by atoms with van der Waals surface area (Å²) in [5.41, 5.74) is 1.70. The van der Waals surface area contributed by atoms with Crippen LogP contribution in [0.15, 0.2) is 42.5 Å². The molecule has 0 radical (unpaired) electrons. The first-order valence-electron chi connectivity index (χ1n) is 7.19. The summed E-state index contributed by atoms with van der Waals surface area (Å²) in [6.07, 6.45) is -0.168. The summed E-state index contributed by atoms with van der Waals surface area (Å²) < 4.78 is 15.9. The first-order valence-corrected chi connectivity index (χ1v) is 7.57. The lowest BCUT2D eigenvalue weighted by atomic mass is 10.1. The molecule has 4 nitrogen and oxygen atoms in total.